The van der Waals surface area contributed by atoms with Gasteiger partial charge < -0.3 is 4.74 Å². The van der Waals surface area contributed by atoms with Crippen molar-refractivity contribution in [2.75, 3.05) is 13.7 Å². The zero-order chi connectivity index (χ0) is 16.1. The number of halogens is 1. The molecule has 0 saturated heterocycles. The van der Waals surface area contributed by atoms with Gasteiger partial charge in [-0.3, -0.25) is 0 Å². The number of hydrogen-bond donors (Lipinski definition) is 0. The van der Waals surface area contributed by atoms with Gasteiger partial charge in [0.1, 0.15) is 11.6 Å². The van der Waals surface area contributed by atoms with E-state index >= 15 is 0 Å². The van der Waals surface area contributed by atoms with E-state index in [-0.39, 0.29) is 5.82 Å². The summed E-state index contributed by atoms with van der Waals surface area (Å²) in [4.78, 5) is 4.69. The van der Waals surface area contributed by atoms with Gasteiger partial charge in [0.05, 0.1) is 13.2 Å². The Morgan fingerprint density at radius 1 is 1.30 bits per heavy atom. The summed E-state index contributed by atoms with van der Waals surface area (Å²) in [5.41, 5.74) is 1.03. The fourth-order valence-corrected chi connectivity index (χ4v) is 2.87. The first kappa shape index (κ1) is 15.9. The average molecular weight is 315 g/mol. The lowest BCUT2D eigenvalue weighted by Crippen LogP contribution is -2.10. The first-order valence-corrected chi connectivity index (χ1v) is 8.07. The molecular formula is C18H22FN3O. The van der Waals surface area contributed by atoms with Gasteiger partial charge in [-0.2, -0.15) is 5.10 Å². The summed E-state index contributed by atoms with van der Waals surface area (Å²) in [6.07, 6.45) is 8.44. The average Bonchev–Trinajstić information content (AvgIpc) is 3.18. The maximum absolute atomic E-state index is 13.1. The van der Waals surface area contributed by atoms with Crippen molar-refractivity contribution >= 4 is 0 Å². The van der Waals surface area contributed by atoms with Gasteiger partial charge >= 0.3 is 0 Å². The van der Waals surface area contributed by atoms with Crippen molar-refractivity contribution in [2.45, 2.75) is 32.2 Å². The van der Waals surface area contributed by atoms with E-state index in [1.165, 1.54) is 18.6 Å². The van der Waals surface area contributed by atoms with Crippen LogP contribution in [-0.2, 0) is 24.1 Å². The summed E-state index contributed by atoms with van der Waals surface area (Å²) in [6.45, 7) is 1.23. The molecule has 1 aromatic heterocycles. The molecule has 0 N–H and O–H groups in total. The molecule has 1 aromatic carbocycles. The van der Waals surface area contributed by atoms with Gasteiger partial charge in [-0.15, -0.1) is 0 Å². The summed E-state index contributed by atoms with van der Waals surface area (Å²) >= 11 is 0. The van der Waals surface area contributed by atoms with Crippen molar-refractivity contribution in [3.05, 3.63) is 59.4 Å². The van der Waals surface area contributed by atoms with E-state index in [0.717, 1.165) is 30.1 Å². The summed E-state index contributed by atoms with van der Waals surface area (Å²) in [5.74, 6) is 2.13. The lowest BCUT2D eigenvalue weighted by atomic mass is 10.1. The number of aromatic nitrogens is 3. The highest BCUT2D eigenvalue weighted by Crippen LogP contribution is 2.21. The molecule has 1 aliphatic rings. The molecule has 0 amide bonds. The molecule has 0 bridgehead atoms. The predicted molar refractivity (Wildman–Crippen MR) is 86.7 cm³/mol. The van der Waals surface area contributed by atoms with Crippen LogP contribution in [-0.4, -0.2) is 28.5 Å². The third-order valence-electron chi connectivity index (χ3n) is 4.12. The van der Waals surface area contributed by atoms with Crippen LogP contribution < -0.4 is 0 Å². The summed E-state index contributed by atoms with van der Waals surface area (Å²) in [5, 5.41) is 4.62. The van der Waals surface area contributed by atoms with Gasteiger partial charge in [0.25, 0.3) is 0 Å². The summed E-state index contributed by atoms with van der Waals surface area (Å²) in [6, 6.07) is 6.56. The normalized spacial score (nSPS) is 17.0. The molecule has 1 heterocycles. The highest BCUT2D eigenvalue weighted by molar-refractivity contribution is 5.17. The molecule has 23 heavy (non-hydrogen) atoms. The van der Waals surface area contributed by atoms with Crippen LogP contribution in [0.2, 0.25) is 0 Å². The van der Waals surface area contributed by atoms with Gasteiger partial charge in [0.2, 0.25) is 0 Å². The molecule has 0 fully saturated rings. The van der Waals surface area contributed by atoms with Crippen LogP contribution in [0, 0.1) is 11.7 Å². The second kappa shape index (κ2) is 7.51. The summed E-state index contributed by atoms with van der Waals surface area (Å²) in [7, 11) is 1.68. The third-order valence-corrected chi connectivity index (χ3v) is 4.12. The molecule has 2 aromatic rings. The summed E-state index contributed by atoms with van der Waals surface area (Å²) < 4.78 is 20.1. The molecule has 122 valence electrons. The van der Waals surface area contributed by atoms with E-state index < -0.39 is 0 Å². The maximum Gasteiger partial charge on any atom is 0.153 e. The number of hydrogen-bond acceptors (Lipinski definition) is 3. The molecule has 0 radical (unpaired) electrons. The zero-order valence-corrected chi connectivity index (χ0v) is 13.4. The van der Waals surface area contributed by atoms with Crippen LogP contribution in [0.1, 0.15) is 30.1 Å². The van der Waals surface area contributed by atoms with Crippen molar-refractivity contribution in [3.8, 4) is 0 Å². The van der Waals surface area contributed by atoms with Crippen molar-refractivity contribution in [3.63, 3.8) is 0 Å². The van der Waals surface area contributed by atoms with Crippen molar-refractivity contribution < 1.29 is 9.13 Å². The zero-order valence-electron chi connectivity index (χ0n) is 13.4. The van der Waals surface area contributed by atoms with Gasteiger partial charge in [-0.1, -0.05) is 24.3 Å². The Morgan fingerprint density at radius 3 is 2.83 bits per heavy atom. The van der Waals surface area contributed by atoms with Gasteiger partial charge in [-0.25, -0.2) is 14.1 Å². The molecule has 0 saturated carbocycles. The number of allylic oxidation sites excluding steroid dienone is 2. The Kier molecular flexibility index (Phi) is 5.18. The monoisotopic (exact) mass is 315 g/mol. The van der Waals surface area contributed by atoms with Crippen LogP contribution in [0.15, 0.2) is 36.4 Å². The molecule has 1 atom stereocenters. The van der Waals surface area contributed by atoms with Crippen molar-refractivity contribution in [1.82, 2.24) is 14.8 Å². The van der Waals surface area contributed by atoms with Crippen LogP contribution in [0.25, 0.3) is 0 Å². The number of ether oxygens (including phenoxy) is 1. The van der Waals surface area contributed by atoms with E-state index in [2.05, 4.69) is 22.2 Å². The Hall–Kier alpha value is -2.01. The minimum atomic E-state index is -0.218. The van der Waals surface area contributed by atoms with E-state index in [0.29, 0.717) is 25.5 Å². The van der Waals surface area contributed by atoms with Crippen molar-refractivity contribution in [1.29, 1.82) is 0 Å². The van der Waals surface area contributed by atoms with Gasteiger partial charge in [0, 0.05) is 20.0 Å². The quantitative estimate of drug-likeness (QED) is 0.737. The first-order valence-electron chi connectivity index (χ1n) is 8.07. The van der Waals surface area contributed by atoms with Crippen LogP contribution in [0.5, 0.6) is 0 Å². The molecule has 1 unspecified atom stereocenters. The highest BCUT2D eigenvalue weighted by Gasteiger charge is 2.16. The molecule has 3 rings (SSSR count). The van der Waals surface area contributed by atoms with Crippen LogP contribution in [0.3, 0.4) is 0 Å². The van der Waals surface area contributed by atoms with E-state index in [4.69, 9.17) is 4.74 Å². The minimum Gasteiger partial charge on any atom is -0.384 e. The Balaban J connectivity index is 1.78. The van der Waals surface area contributed by atoms with E-state index in [1.807, 2.05) is 4.68 Å². The molecule has 5 heteroatoms. The lowest BCUT2D eigenvalue weighted by Gasteiger charge is -2.09. The molecule has 4 nitrogen and oxygen atoms in total. The standard InChI is InChI=1S/C18H22FN3O/c1-23-11-10-17-20-18(12-14-4-2-3-5-14)22(21-17)13-15-6-8-16(19)9-7-15/h2,4,6-9,14H,3,5,10-13H2,1H3. The molecule has 1 aliphatic carbocycles. The number of methoxy groups -OCH3 is 1. The number of nitrogens with zero attached hydrogens (tertiary/aromatic N) is 3. The smallest absolute Gasteiger partial charge is 0.153 e. The van der Waals surface area contributed by atoms with Crippen LogP contribution >= 0.6 is 0 Å². The third kappa shape index (κ3) is 4.26. The fraction of sp³-hybridized carbons (Fsp3) is 0.444. The molecule has 0 spiro atoms. The van der Waals surface area contributed by atoms with E-state index in [1.54, 1.807) is 19.2 Å². The largest absolute Gasteiger partial charge is 0.384 e. The lowest BCUT2D eigenvalue weighted by molar-refractivity contribution is 0.200. The number of rotatable bonds is 7. The Morgan fingerprint density at radius 2 is 2.13 bits per heavy atom. The van der Waals surface area contributed by atoms with Gasteiger partial charge in [-0.05, 0) is 36.5 Å². The van der Waals surface area contributed by atoms with Crippen LogP contribution in [0.4, 0.5) is 4.39 Å². The molecule has 0 aliphatic heterocycles. The topological polar surface area (TPSA) is 39.9 Å². The molecular weight excluding hydrogens is 293 g/mol. The Labute approximate surface area is 136 Å². The minimum absolute atomic E-state index is 0.218. The fourth-order valence-electron chi connectivity index (χ4n) is 2.87. The number of benzene rings is 1. The maximum atomic E-state index is 13.1. The second-order valence-electron chi connectivity index (χ2n) is 5.94. The predicted octanol–water partition coefficient (Wildman–Crippen LogP) is 3.16. The van der Waals surface area contributed by atoms with Crippen molar-refractivity contribution in [2.24, 2.45) is 5.92 Å². The van der Waals surface area contributed by atoms with E-state index in [9.17, 15) is 4.39 Å². The van der Waals surface area contributed by atoms with Gasteiger partial charge in [0.15, 0.2) is 5.82 Å². The first-order chi connectivity index (χ1) is 11.2. The second-order valence-corrected chi connectivity index (χ2v) is 5.94. The highest BCUT2D eigenvalue weighted by atomic mass is 19.1. The Bertz CT molecular complexity index is 663. The SMILES string of the molecule is COCCc1nc(CC2C=CCC2)n(Cc2ccc(F)cc2)n1.